The van der Waals surface area contributed by atoms with Crippen LogP contribution in [0.5, 0.6) is 0 Å². The van der Waals surface area contributed by atoms with Gasteiger partial charge in [0.25, 0.3) is 0 Å². The number of benzene rings is 2. The number of aryl methyl sites for hydroxylation is 1. The average Bonchev–Trinajstić information content (AvgIpc) is 2.66. The van der Waals surface area contributed by atoms with Gasteiger partial charge in [-0.1, -0.05) is 48.0 Å². The minimum atomic E-state index is -0.209. The smallest absolute Gasteiger partial charge is 0.242 e. The topological polar surface area (TPSA) is 105 Å². The number of hydrazine groups is 1. The Morgan fingerprint density at radius 2 is 1.85 bits per heavy atom. The number of rotatable bonds is 6. The van der Waals surface area contributed by atoms with Crippen LogP contribution in [0.15, 0.2) is 54.9 Å². The first-order valence-electron chi connectivity index (χ1n) is 8.25. The standard InChI is InChI=1S/C19H19ClN6O/c1-12-7-8-14(20)10-15(12)24-18-17(21)19(23-11-22-18)26-25-16(27)9-13-5-3-2-4-6-13/h2-8,10-11H,9,21H2,1H3,(H,25,27)(H2,22,23,24,26). The fourth-order valence-corrected chi connectivity index (χ4v) is 2.58. The zero-order valence-corrected chi connectivity index (χ0v) is 15.4. The number of anilines is 4. The molecule has 0 saturated heterocycles. The summed E-state index contributed by atoms with van der Waals surface area (Å²) in [6.45, 7) is 1.94. The molecule has 7 nitrogen and oxygen atoms in total. The number of carbonyl (C=O) groups excluding carboxylic acids is 1. The fraction of sp³-hybridized carbons (Fsp3) is 0.105. The summed E-state index contributed by atoms with van der Waals surface area (Å²) in [6, 6.07) is 14.9. The Balaban J connectivity index is 1.67. The zero-order chi connectivity index (χ0) is 19.2. The van der Waals surface area contributed by atoms with Crippen LogP contribution in [0.4, 0.5) is 23.0 Å². The number of nitrogen functional groups attached to an aromatic ring is 1. The van der Waals surface area contributed by atoms with Gasteiger partial charge in [-0.15, -0.1) is 0 Å². The van der Waals surface area contributed by atoms with Crippen LogP contribution in [0.2, 0.25) is 5.02 Å². The van der Waals surface area contributed by atoms with Gasteiger partial charge in [0.2, 0.25) is 5.91 Å². The number of nitrogens with zero attached hydrogens (tertiary/aromatic N) is 2. The predicted molar refractivity (Wildman–Crippen MR) is 108 cm³/mol. The van der Waals surface area contributed by atoms with Crippen LogP contribution in [-0.2, 0) is 11.2 Å². The number of hydrogen-bond acceptors (Lipinski definition) is 6. The van der Waals surface area contributed by atoms with Crippen molar-refractivity contribution < 1.29 is 4.79 Å². The van der Waals surface area contributed by atoms with Crippen LogP contribution < -0.4 is 21.9 Å². The van der Waals surface area contributed by atoms with E-state index in [1.54, 1.807) is 12.1 Å². The second kappa shape index (κ2) is 8.37. The SMILES string of the molecule is Cc1ccc(Cl)cc1Nc1ncnc(NNC(=O)Cc2ccccc2)c1N. The van der Waals surface area contributed by atoms with E-state index in [2.05, 4.69) is 26.1 Å². The van der Waals surface area contributed by atoms with Crippen LogP contribution in [0.25, 0.3) is 0 Å². The van der Waals surface area contributed by atoms with Gasteiger partial charge >= 0.3 is 0 Å². The van der Waals surface area contributed by atoms with Crippen LogP contribution in [0, 0.1) is 6.92 Å². The lowest BCUT2D eigenvalue weighted by atomic mass is 10.1. The van der Waals surface area contributed by atoms with E-state index in [0.717, 1.165) is 16.8 Å². The molecule has 8 heteroatoms. The Labute approximate surface area is 162 Å². The average molecular weight is 383 g/mol. The number of hydrogen-bond donors (Lipinski definition) is 4. The maximum atomic E-state index is 12.1. The van der Waals surface area contributed by atoms with Crippen molar-refractivity contribution in [1.82, 2.24) is 15.4 Å². The molecule has 0 aliphatic rings. The molecule has 27 heavy (non-hydrogen) atoms. The quantitative estimate of drug-likeness (QED) is 0.487. The van der Waals surface area contributed by atoms with Gasteiger partial charge in [-0.25, -0.2) is 9.97 Å². The van der Waals surface area contributed by atoms with E-state index < -0.39 is 0 Å². The minimum Gasteiger partial charge on any atom is -0.393 e. The predicted octanol–water partition coefficient (Wildman–Crippen LogP) is 3.45. The van der Waals surface area contributed by atoms with Gasteiger partial charge in [-0.05, 0) is 30.2 Å². The van der Waals surface area contributed by atoms with Crippen molar-refractivity contribution in [2.75, 3.05) is 16.5 Å². The van der Waals surface area contributed by atoms with Gasteiger partial charge in [0.1, 0.15) is 12.0 Å². The van der Waals surface area contributed by atoms with Crippen LogP contribution in [0.3, 0.4) is 0 Å². The Hall–Kier alpha value is -3.32. The molecule has 0 aliphatic heterocycles. The van der Waals surface area contributed by atoms with Gasteiger partial charge in [0, 0.05) is 10.7 Å². The number of nitrogens with one attached hydrogen (secondary N) is 3. The van der Waals surface area contributed by atoms with Gasteiger partial charge < -0.3 is 11.1 Å². The number of halogens is 1. The first-order chi connectivity index (χ1) is 13.0. The van der Waals surface area contributed by atoms with E-state index in [9.17, 15) is 4.79 Å². The van der Waals surface area contributed by atoms with Crippen molar-refractivity contribution in [2.45, 2.75) is 13.3 Å². The van der Waals surface area contributed by atoms with E-state index in [-0.39, 0.29) is 18.0 Å². The molecule has 3 rings (SSSR count). The van der Waals surface area contributed by atoms with Gasteiger partial charge in [0.15, 0.2) is 11.6 Å². The number of aromatic nitrogens is 2. The van der Waals surface area contributed by atoms with Crippen molar-refractivity contribution in [2.24, 2.45) is 0 Å². The molecule has 5 N–H and O–H groups in total. The second-order valence-electron chi connectivity index (χ2n) is 5.90. The molecule has 3 aromatic rings. The molecular weight excluding hydrogens is 364 g/mol. The molecule has 0 bridgehead atoms. The molecule has 0 radical (unpaired) electrons. The minimum absolute atomic E-state index is 0.209. The van der Waals surface area contributed by atoms with Crippen LogP contribution in [0.1, 0.15) is 11.1 Å². The second-order valence-corrected chi connectivity index (χ2v) is 6.34. The van der Waals surface area contributed by atoms with Crippen molar-refractivity contribution in [3.05, 3.63) is 71.0 Å². The van der Waals surface area contributed by atoms with E-state index in [1.165, 1.54) is 6.33 Å². The summed E-state index contributed by atoms with van der Waals surface area (Å²) >= 11 is 6.04. The van der Waals surface area contributed by atoms with E-state index in [0.29, 0.717) is 16.7 Å². The summed E-state index contributed by atoms with van der Waals surface area (Å²) < 4.78 is 0. The first-order valence-corrected chi connectivity index (χ1v) is 8.63. The van der Waals surface area contributed by atoms with Gasteiger partial charge in [-0.3, -0.25) is 15.6 Å². The maximum absolute atomic E-state index is 12.1. The summed E-state index contributed by atoms with van der Waals surface area (Å²) in [4.78, 5) is 20.3. The molecule has 0 unspecified atom stereocenters. The van der Waals surface area contributed by atoms with Gasteiger partial charge in [0.05, 0.1) is 6.42 Å². The normalized spacial score (nSPS) is 10.3. The number of nitrogens with two attached hydrogens (primary N) is 1. The monoisotopic (exact) mass is 382 g/mol. The Kier molecular flexibility index (Phi) is 5.73. The molecule has 0 fully saturated rings. The summed E-state index contributed by atoms with van der Waals surface area (Å²) in [5, 5.41) is 3.74. The highest BCUT2D eigenvalue weighted by Gasteiger charge is 2.11. The number of amides is 1. The van der Waals surface area contributed by atoms with Gasteiger partial charge in [-0.2, -0.15) is 0 Å². The lowest BCUT2D eigenvalue weighted by Crippen LogP contribution is -2.31. The van der Waals surface area contributed by atoms with E-state index in [4.69, 9.17) is 17.3 Å². The van der Waals surface area contributed by atoms with E-state index >= 15 is 0 Å². The highest BCUT2D eigenvalue weighted by atomic mass is 35.5. The highest BCUT2D eigenvalue weighted by Crippen LogP contribution is 2.28. The van der Waals surface area contributed by atoms with E-state index in [1.807, 2.05) is 43.3 Å². The van der Waals surface area contributed by atoms with Crippen molar-refractivity contribution in [3.8, 4) is 0 Å². The third-order valence-corrected chi connectivity index (χ3v) is 4.10. The molecule has 0 saturated carbocycles. The molecule has 1 amide bonds. The van der Waals surface area contributed by atoms with Crippen molar-refractivity contribution >= 4 is 40.5 Å². The summed E-state index contributed by atoms with van der Waals surface area (Å²) in [5.74, 6) is 0.503. The molecule has 0 spiro atoms. The fourth-order valence-electron chi connectivity index (χ4n) is 2.41. The molecule has 1 heterocycles. The summed E-state index contributed by atoms with van der Waals surface area (Å²) in [7, 11) is 0. The lowest BCUT2D eigenvalue weighted by Gasteiger charge is -2.14. The van der Waals surface area contributed by atoms with Crippen LogP contribution >= 0.6 is 11.6 Å². The molecular formula is C19H19ClN6O. The lowest BCUT2D eigenvalue weighted by molar-refractivity contribution is -0.119. The van der Waals surface area contributed by atoms with Crippen LogP contribution in [-0.4, -0.2) is 15.9 Å². The maximum Gasteiger partial charge on any atom is 0.242 e. The van der Waals surface area contributed by atoms with Crippen molar-refractivity contribution in [1.29, 1.82) is 0 Å². The largest absolute Gasteiger partial charge is 0.393 e. The molecule has 138 valence electrons. The van der Waals surface area contributed by atoms with Crippen molar-refractivity contribution in [3.63, 3.8) is 0 Å². The zero-order valence-electron chi connectivity index (χ0n) is 14.7. The molecule has 0 aliphatic carbocycles. The Morgan fingerprint density at radius 1 is 1.11 bits per heavy atom. The Bertz CT molecular complexity index is 948. The Morgan fingerprint density at radius 3 is 2.63 bits per heavy atom. The third-order valence-electron chi connectivity index (χ3n) is 3.86. The molecule has 1 aromatic heterocycles. The summed E-state index contributed by atoms with van der Waals surface area (Å²) in [5.41, 5.74) is 14.4. The number of carbonyl (C=O) groups is 1. The summed E-state index contributed by atoms with van der Waals surface area (Å²) in [6.07, 6.45) is 1.59. The molecule has 0 atom stereocenters. The first kappa shape index (κ1) is 18.5. The third kappa shape index (κ3) is 4.86. The highest BCUT2D eigenvalue weighted by molar-refractivity contribution is 6.30. The molecule has 2 aromatic carbocycles.